The second kappa shape index (κ2) is 4.62. The summed E-state index contributed by atoms with van der Waals surface area (Å²) in [6.45, 7) is 3.53. The first-order valence-electron chi connectivity index (χ1n) is 4.02. The lowest BCUT2D eigenvalue weighted by Crippen LogP contribution is -2.11. The molecule has 5 heteroatoms. The van der Waals surface area contributed by atoms with Gasteiger partial charge in [-0.3, -0.25) is 0 Å². The Morgan fingerprint density at radius 3 is 2.64 bits per heavy atom. The van der Waals surface area contributed by atoms with Crippen LogP contribution in [0.1, 0.15) is 24.2 Å². The monoisotopic (exact) mass is 233 g/mol. The standard InChI is InChI=1S/C9H9Cl2NO2/c1-5(2)14-9(13)6-3-7(10)8(11)12-4-6/h3-5H,1-2H3. The Hall–Kier alpha value is -0.800. The van der Waals surface area contributed by atoms with E-state index in [-0.39, 0.29) is 16.3 Å². The van der Waals surface area contributed by atoms with E-state index in [0.717, 1.165) is 0 Å². The molecular formula is C9H9Cl2NO2. The average Bonchev–Trinajstić information content (AvgIpc) is 2.08. The minimum atomic E-state index is -0.453. The summed E-state index contributed by atoms with van der Waals surface area (Å²) in [5, 5.41) is 0.414. The summed E-state index contributed by atoms with van der Waals surface area (Å²) in [5.74, 6) is -0.453. The van der Waals surface area contributed by atoms with Gasteiger partial charge in [0.2, 0.25) is 0 Å². The van der Waals surface area contributed by atoms with Gasteiger partial charge in [0.1, 0.15) is 5.15 Å². The van der Waals surface area contributed by atoms with Gasteiger partial charge in [0.05, 0.1) is 16.7 Å². The Morgan fingerprint density at radius 1 is 1.50 bits per heavy atom. The van der Waals surface area contributed by atoms with E-state index in [9.17, 15) is 4.79 Å². The zero-order chi connectivity index (χ0) is 10.7. The third-order valence-electron chi connectivity index (χ3n) is 1.37. The van der Waals surface area contributed by atoms with E-state index in [4.69, 9.17) is 27.9 Å². The zero-order valence-electron chi connectivity index (χ0n) is 7.75. The molecule has 0 N–H and O–H groups in total. The fourth-order valence-electron chi connectivity index (χ4n) is 0.815. The molecule has 0 atom stereocenters. The molecular weight excluding hydrogens is 225 g/mol. The molecule has 76 valence electrons. The van der Waals surface area contributed by atoms with E-state index >= 15 is 0 Å². The van der Waals surface area contributed by atoms with Crippen LogP contribution in [0.2, 0.25) is 10.2 Å². The molecule has 0 aliphatic carbocycles. The first kappa shape index (κ1) is 11.3. The van der Waals surface area contributed by atoms with Crippen LogP contribution < -0.4 is 0 Å². The number of hydrogen-bond donors (Lipinski definition) is 0. The van der Waals surface area contributed by atoms with E-state index in [1.165, 1.54) is 12.3 Å². The first-order chi connectivity index (χ1) is 6.50. The van der Waals surface area contributed by atoms with Gasteiger partial charge in [-0.05, 0) is 19.9 Å². The van der Waals surface area contributed by atoms with Crippen molar-refractivity contribution in [2.24, 2.45) is 0 Å². The molecule has 0 unspecified atom stereocenters. The van der Waals surface area contributed by atoms with Gasteiger partial charge in [-0.25, -0.2) is 9.78 Å². The normalized spacial score (nSPS) is 10.4. The molecule has 0 aromatic carbocycles. The second-order valence-electron chi connectivity index (χ2n) is 2.95. The fraction of sp³-hybridized carbons (Fsp3) is 0.333. The SMILES string of the molecule is CC(C)OC(=O)c1cnc(Cl)c(Cl)c1. The van der Waals surface area contributed by atoms with Crippen LogP contribution >= 0.6 is 23.2 Å². The van der Waals surface area contributed by atoms with Gasteiger partial charge in [0.25, 0.3) is 0 Å². The van der Waals surface area contributed by atoms with Gasteiger partial charge >= 0.3 is 5.97 Å². The molecule has 0 amide bonds. The zero-order valence-corrected chi connectivity index (χ0v) is 9.26. The first-order valence-corrected chi connectivity index (χ1v) is 4.78. The Balaban J connectivity index is 2.86. The molecule has 1 rings (SSSR count). The van der Waals surface area contributed by atoms with Gasteiger partial charge in [-0.2, -0.15) is 0 Å². The van der Waals surface area contributed by atoms with E-state index in [0.29, 0.717) is 5.56 Å². The van der Waals surface area contributed by atoms with Gasteiger partial charge in [-0.1, -0.05) is 23.2 Å². The summed E-state index contributed by atoms with van der Waals surface area (Å²) in [7, 11) is 0. The number of carbonyl (C=O) groups is 1. The molecule has 0 bridgehead atoms. The predicted molar refractivity (Wildman–Crippen MR) is 54.8 cm³/mol. The molecule has 1 heterocycles. The smallest absolute Gasteiger partial charge is 0.340 e. The van der Waals surface area contributed by atoms with Gasteiger partial charge in [0.15, 0.2) is 0 Å². The molecule has 0 aliphatic rings. The molecule has 14 heavy (non-hydrogen) atoms. The van der Waals surface area contributed by atoms with Crippen molar-refractivity contribution in [3.63, 3.8) is 0 Å². The third-order valence-corrected chi connectivity index (χ3v) is 2.06. The Kier molecular flexibility index (Phi) is 3.72. The largest absolute Gasteiger partial charge is 0.459 e. The number of esters is 1. The number of halogens is 2. The van der Waals surface area contributed by atoms with Crippen molar-refractivity contribution in [2.45, 2.75) is 20.0 Å². The highest BCUT2D eigenvalue weighted by atomic mass is 35.5. The van der Waals surface area contributed by atoms with Crippen LogP contribution in [0.15, 0.2) is 12.3 Å². The van der Waals surface area contributed by atoms with Crippen LogP contribution in [0.5, 0.6) is 0 Å². The van der Waals surface area contributed by atoms with Gasteiger partial charge < -0.3 is 4.74 Å². The van der Waals surface area contributed by atoms with E-state index in [2.05, 4.69) is 4.98 Å². The van der Waals surface area contributed by atoms with E-state index < -0.39 is 5.97 Å². The molecule has 0 saturated heterocycles. The number of hydrogen-bond acceptors (Lipinski definition) is 3. The number of ether oxygens (including phenoxy) is 1. The quantitative estimate of drug-likeness (QED) is 0.583. The Labute approximate surface area is 92.0 Å². The highest BCUT2D eigenvalue weighted by molar-refractivity contribution is 6.41. The minimum absolute atomic E-state index is 0.169. The van der Waals surface area contributed by atoms with Crippen LogP contribution in [0.4, 0.5) is 0 Å². The van der Waals surface area contributed by atoms with Crippen LogP contribution in [0.3, 0.4) is 0 Å². The molecule has 0 radical (unpaired) electrons. The summed E-state index contributed by atoms with van der Waals surface area (Å²) in [5.41, 5.74) is 0.299. The number of nitrogens with zero attached hydrogens (tertiary/aromatic N) is 1. The number of pyridine rings is 1. The maximum atomic E-state index is 11.4. The van der Waals surface area contributed by atoms with Crippen molar-refractivity contribution in [1.82, 2.24) is 4.98 Å². The molecule has 0 spiro atoms. The summed E-state index contributed by atoms with van der Waals surface area (Å²) >= 11 is 11.3. The maximum absolute atomic E-state index is 11.4. The highest BCUT2D eigenvalue weighted by Gasteiger charge is 2.11. The Bertz CT molecular complexity index is 353. The number of carbonyl (C=O) groups excluding carboxylic acids is 1. The lowest BCUT2D eigenvalue weighted by Gasteiger charge is -2.07. The molecule has 1 aromatic heterocycles. The predicted octanol–water partition coefficient (Wildman–Crippen LogP) is 2.95. The van der Waals surface area contributed by atoms with Gasteiger partial charge in [0, 0.05) is 6.20 Å². The topological polar surface area (TPSA) is 39.2 Å². The van der Waals surface area contributed by atoms with Crippen molar-refractivity contribution in [3.8, 4) is 0 Å². The molecule has 0 fully saturated rings. The van der Waals surface area contributed by atoms with Gasteiger partial charge in [-0.15, -0.1) is 0 Å². The van der Waals surface area contributed by atoms with Crippen molar-refractivity contribution < 1.29 is 9.53 Å². The summed E-state index contributed by atoms with van der Waals surface area (Å²) in [6.07, 6.45) is 1.16. The maximum Gasteiger partial charge on any atom is 0.340 e. The number of rotatable bonds is 2. The lowest BCUT2D eigenvalue weighted by molar-refractivity contribution is 0.0377. The van der Waals surface area contributed by atoms with E-state index in [1.807, 2.05) is 0 Å². The summed E-state index contributed by atoms with van der Waals surface area (Å²) < 4.78 is 4.95. The molecule has 1 aromatic rings. The van der Waals surface area contributed by atoms with Crippen molar-refractivity contribution in [1.29, 1.82) is 0 Å². The van der Waals surface area contributed by atoms with E-state index in [1.54, 1.807) is 13.8 Å². The third kappa shape index (κ3) is 2.86. The van der Waals surface area contributed by atoms with Crippen LogP contribution in [0.25, 0.3) is 0 Å². The molecule has 0 saturated carbocycles. The second-order valence-corrected chi connectivity index (χ2v) is 3.72. The number of aromatic nitrogens is 1. The highest BCUT2D eigenvalue weighted by Crippen LogP contribution is 2.20. The average molecular weight is 234 g/mol. The molecule has 3 nitrogen and oxygen atoms in total. The fourth-order valence-corrected chi connectivity index (χ4v) is 1.08. The van der Waals surface area contributed by atoms with Crippen LogP contribution in [0, 0.1) is 0 Å². The Morgan fingerprint density at radius 2 is 2.14 bits per heavy atom. The van der Waals surface area contributed by atoms with Crippen molar-refractivity contribution >= 4 is 29.2 Å². The van der Waals surface area contributed by atoms with Crippen LogP contribution in [-0.4, -0.2) is 17.1 Å². The summed E-state index contributed by atoms with van der Waals surface area (Å²) in [6, 6.07) is 1.43. The molecule has 0 aliphatic heterocycles. The lowest BCUT2D eigenvalue weighted by atomic mass is 10.3. The van der Waals surface area contributed by atoms with Crippen LogP contribution in [-0.2, 0) is 4.74 Å². The summed E-state index contributed by atoms with van der Waals surface area (Å²) in [4.78, 5) is 15.1. The van der Waals surface area contributed by atoms with Crippen molar-refractivity contribution in [2.75, 3.05) is 0 Å². The minimum Gasteiger partial charge on any atom is -0.459 e. The van der Waals surface area contributed by atoms with Crippen molar-refractivity contribution in [3.05, 3.63) is 28.0 Å².